The predicted molar refractivity (Wildman–Crippen MR) is 80.7 cm³/mol. The van der Waals surface area contributed by atoms with Crippen LogP contribution in [-0.4, -0.2) is 30.0 Å². The minimum atomic E-state index is -0.321. The summed E-state index contributed by atoms with van der Waals surface area (Å²) in [5, 5.41) is 5.80. The van der Waals surface area contributed by atoms with Crippen LogP contribution in [-0.2, 0) is 4.74 Å². The van der Waals surface area contributed by atoms with Crippen molar-refractivity contribution in [3.63, 3.8) is 0 Å². The molecular weight excluding hydrogens is 252 g/mol. The smallest absolute Gasteiger partial charge is 0.430 e. The molecular formula is C16H26N2O2. The third-order valence-electron chi connectivity index (χ3n) is 4.57. The van der Waals surface area contributed by atoms with Crippen LogP contribution in [0.4, 0.5) is 4.79 Å². The van der Waals surface area contributed by atoms with Crippen molar-refractivity contribution in [3.05, 3.63) is 11.6 Å². The van der Waals surface area contributed by atoms with Crippen LogP contribution in [0.2, 0.25) is 0 Å². The molecule has 2 aliphatic rings. The van der Waals surface area contributed by atoms with Crippen LogP contribution in [0, 0.1) is 11.3 Å². The second kappa shape index (κ2) is 5.98. The number of cyclic esters (lactones) is 1. The second-order valence-electron chi connectivity index (χ2n) is 6.64. The van der Waals surface area contributed by atoms with Crippen molar-refractivity contribution in [1.82, 2.24) is 5.01 Å². The van der Waals surface area contributed by atoms with Gasteiger partial charge >= 0.3 is 6.09 Å². The van der Waals surface area contributed by atoms with Crippen LogP contribution in [0.25, 0.3) is 0 Å². The lowest BCUT2D eigenvalue weighted by Crippen LogP contribution is -2.28. The summed E-state index contributed by atoms with van der Waals surface area (Å²) in [7, 11) is 0. The van der Waals surface area contributed by atoms with E-state index >= 15 is 0 Å². The highest BCUT2D eigenvalue weighted by atomic mass is 16.6. The lowest BCUT2D eigenvalue weighted by atomic mass is 9.67. The third-order valence-corrected chi connectivity index (χ3v) is 4.57. The van der Waals surface area contributed by atoms with Gasteiger partial charge in [-0.15, -0.1) is 0 Å². The largest absolute Gasteiger partial charge is 0.446 e. The summed E-state index contributed by atoms with van der Waals surface area (Å²) in [6.07, 6.45) is 6.54. The highest BCUT2D eigenvalue weighted by Crippen LogP contribution is 2.43. The van der Waals surface area contributed by atoms with Gasteiger partial charge in [0.1, 0.15) is 6.61 Å². The van der Waals surface area contributed by atoms with E-state index in [0.717, 1.165) is 18.6 Å². The number of carbonyl (C=O) groups excluding carboxylic acids is 1. The average Bonchev–Trinajstić information content (AvgIpc) is 2.73. The van der Waals surface area contributed by atoms with Crippen LogP contribution in [0.15, 0.2) is 16.8 Å². The Morgan fingerprint density at radius 1 is 1.55 bits per heavy atom. The molecule has 0 spiro atoms. The molecule has 112 valence electrons. The number of amides is 1. The fourth-order valence-corrected chi connectivity index (χ4v) is 3.31. The quantitative estimate of drug-likeness (QED) is 0.576. The monoisotopic (exact) mass is 278 g/mol. The van der Waals surface area contributed by atoms with E-state index in [2.05, 4.69) is 31.9 Å². The maximum Gasteiger partial charge on any atom is 0.430 e. The van der Waals surface area contributed by atoms with E-state index in [0.29, 0.717) is 24.5 Å². The second-order valence-corrected chi connectivity index (χ2v) is 6.64. The van der Waals surface area contributed by atoms with Gasteiger partial charge in [0.25, 0.3) is 0 Å². The van der Waals surface area contributed by atoms with Crippen molar-refractivity contribution >= 4 is 11.8 Å². The Balaban J connectivity index is 1.93. The molecule has 0 radical (unpaired) electrons. The minimum absolute atomic E-state index is 0.321. The van der Waals surface area contributed by atoms with Crippen molar-refractivity contribution in [2.45, 2.75) is 53.4 Å². The number of carbonyl (C=O) groups is 1. The Morgan fingerprint density at radius 2 is 2.30 bits per heavy atom. The van der Waals surface area contributed by atoms with Gasteiger partial charge in [0.15, 0.2) is 0 Å². The number of ether oxygens (including phenoxy) is 1. The van der Waals surface area contributed by atoms with Gasteiger partial charge in [-0.1, -0.05) is 25.5 Å². The van der Waals surface area contributed by atoms with E-state index in [1.54, 1.807) is 0 Å². The van der Waals surface area contributed by atoms with Gasteiger partial charge in [-0.05, 0) is 50.9 Å². The van der Waals surface area contributed by atoms with Crippen molar-refractivity contribution in [2.75, 3.05) is 13.2 Å². The van der Waals surface area contributed by atoms with Gasteiger partial charge in [-0.3, -0.25) is 0 Å². The number of hydrogen-bond donors (Lipinski definition) is 0. The molecule has 1 aliphatic heterocycles. The number of hydrazone groups is 1. The normalized spacial score (nSPS) is 26.5. The molecule has 2 rings (SSSR count). The lowest BCUT2D eigenvalue weighted by molar-refractivity contribution is 0.159. The Morgan fingerprint density at radius 3 is 2.90 bits per heavy atom. The summed E-state index contributed by atoms with van der Waals surface area (Å²) in [6, 6.07) is 0. The highest BCUT2D eigenvalue weighted by molar-refractivity contribution is 5.83. The standard InChI is InChI=1S/C16H26N2O2/c1-12-6-5-9-16(3,4)14(12)8-7-13(2)17-18-10-11-20-15(18)19/h6,14H,5,7-11H2,1-4H3. The van der Waals surface area contributed by atoms with Gasteiger partial charge in [0.2, 0.25) is 0 Å². The van der Waals surface area contributed by atoms with Crippen molar-refractivity contribution in [1.29, 1.82) is 0 Å². The Kier molecular flexibility index (Phi) is 4.51. The van der Waals surface area contributed by atoms with E-state index in [1.807, 2.05) is 6.92 Å². The zero-order valence-electron chi connectivity index (χ0n) is 13.1. The van der Waals surface area contributed by atoms with E-state index in [-0.39, 0.29) is 6.09 Å². The first-order valence-corrected chi connectivity index (χ1v) is 7.55. The molecule has 20 heavy (non-hydrogen) atoms. The fourth-order valence-electron chi connectivity index (χ4n) is 3.31. The SMILES string of the molecule is CC1=CCCC(C)(C)C1CCC(C)=NN1CCOC1=O. The zero-order chi connectivity index (χ0) is 14.8. The van der Waals surface area contributed by atoms with Crippen molar-refractivity contribution in [3.8, 4) is 0 Å². The molecule has 0 bridgehead atoms. The maximum absolute atomic E-state index is 11.4. The minimum Gasteiger partial charge on any atom is -0.446 e. The Bertz CT molecular complexity index is 438. The molecule has 0 saturated carbocycles. The van der Waals surface area contributed by atoms with Crippen LogP contribution in [0.1, 0.15) is 53.4 Å². The molecule has 1 fully saturated rings. The van der Waals surface area contributed by atoms with Gasteiger partial charge in [0.05, 0.1) is 6.54 Å². The molecule has 0 aromatic heterocycles. The maximum atomic E-state index is 11.4. The summed E-state index contributed by atoms with van der Waals surface area (Å²) in [4.78, 5) is 11.4. The highest BCUT2D eigenvalue weighted by Gasteiger charge is 2.32. The number of rotatable bonds is 4. The van der Waals surface area contributed by atoms with Gasteiger partial charge < -0.3 is 4.74 Å². The van der Waals surface area contributed by atoms with Crippen LogP contribution < -0.4 is 0 Å². The summed E-state index contributed by atoms with van der Waals surface area (Å²) in [5.41, 5.74) is 2.89. The first-order chi connectivity index (χ1) is 9.40. The summed E-state index contributed by atoms with van der Waals surface area (Å²) < 4.78 is 4.88. The number of hydrogen-bond acceptors (Lipinski definition) is 3. The van der Waals surface area contributed by atoms with Crippen LogP contribution in [0.3, 0.4) is 0 Å². The van der Waals surface area contributed by atoms with E-state index in [4.69, 9.17) is 4.74 Å². The molecule has 4 nitrogen and oxygen atoms in total. The molecule has 1 aliphatic carbocycles. The van der Waals surface area contributed by atoms with Crippen LogP contribution >= 0.6 is 0 Å². The van der Waals surface area contributed by atoms with E-state index in [9.17, 15) is 4.79 Å². The summed E-state index contributed by atoms with van der Waals surface area (Å²) >= 11 is 0. The third kappa shape index (κ3) is 3.41. The summed E-state index contributed by atoms with van der Waals surface area (Å²) in [5.74, 6) is 0.618. The zero-order valence-corrected chi connectivity index (χ0v) is 13.1. The molecule has 1 saturated heterocycles. The van der Waals surface area contributed by atoms with Crippen molar-refractivity contribution < 1.29 is 9.53 Å². The lowest BCUT2D eigenvalue weighted by Gasteiger charge is -2.38. The number of allylic oxidation sites excluding steroid dienone is 2. The first-order valence-electron chi connectivity index (χ1n) is 7.55. The Hall–Kier alpha value is -1.32. The van der Waals surface area contributed by atoms with Crippen molar-refractivity contribution in [2.24, 2.45) is 16.4 Å². The number of nitrogens with zero attached hydrogens (tertiary/aromatic N) is 2. The molecule has 1 atom stereocenters. The van der Waals surface area contributed by atoms with E-state index < -0.39 is 0 Å². The average molecular weight is 278 g/mol. The van der Waals surface area contributed by atoms with Crippen LogP contribution in [0.5, 0.6) is 0 Å². The molecule has 1 amide bonds. The topological polar surface area (TPSA) is 41.9 Å². The van der Waals surface area contributed by atoms with Gasteiger partial charge in [0, 0.05) is 5.71 Å². The van der Waals surface area contributed by atoms with Gasteiger partial charge in [-0.25, -0.2) is 4.79 Å². The molecule has 0 aromatic rings. The molecule has 1 unspecified atom stereocenters. The predicted octanol–water partition coefficient (Wildman–Crippen LogP) is 3.98. The van der Waals surface area contributed by atoms with E-state index in [1.165, 1.54) is 23.4 Å². The molecule has 0 N–H and O–H groups in total. The van der Waals surface area contributed by atoms with Gasteiger partial charge in [-0.2, -0.15) is 10.1 Å². The Labute approximate surface area is 121 Å². The molecule has 0 aromatic carbocycles. The molecule has 4 heteroatoms. The fraction of sp³-hybridized carbons (Fsp3) is 0.750. The molecule has 1 heterocycles. The summed E-state index contributed by atoms with van der Waals surface area (Å²) in [6.45, 7) is 9.99. The first kappa shape index (κ1) is 15.1.